The first-order valence-corrected chi connectivity index (χ1v) is 17.5. The first-order chi connectivity index (χ1) is 17.3. The van der Waals surface area contributed by atoms with Crippen molar-refractivity contribution in [3.05, 3.63) is 45.9 Å². The minimum Gasteiger partial charge on any atom is -0.541 e. The van der Waals surface area contributed by atoms with E-state index in [1.54, 1.807) is 18.2 Å². The van der Waals surface area contributed by atoms with E-state index in [1.165, 1.54) is 6.07 Å². The number of ether oxygens (including phenoxy) is 1. The second kappa shape index (κ2) is 12.1. The minimum atomic E-state index is -4.12. The van der Waals surface area contributed by atoms with E-state index in [0.717, 1.165) is 17.3 Å². The highest BCUT2D eigenvalue weighted by Crippen LogP contribution is 2.45. The molecule has 12 heteroatoms. The van der Waals surface area contributed by atoms with Crippen LogP contribution in [0.5, 0.6) is 5.75 Å². The van der Waals surface area contributed by atoms with Crippen LogP contribution in [0.25, 0.3) is 0 Å². The van der Waals surface area contributed by atoms with Crippen molar-refractivity contribution in [1.82, 2.24) is 9.84 Å². The van der Waals surface area contributed by atoms with E-state index in [1.807, 2.05) is 37.4 Å². The Kier molecular flexibility index (Phi) is 9.80. The van der Waals surface area contributed by atoms with Crippen molar-refractivity contribution in [2.24, 2.45) is 9.98 Å². The molecule has 0 radical (unpaired) electrons. The van der Waals surface area contributed by atoms with Gasteiger partial charge in [0.2, 0.25) is 0 Å². The van der Waals surface area contributed by atoms with Gasteiger partial charge in [-0.05, 0) is 71.2 Å². The molecule has 1 saturated heterocycles. The Morgan fingerprint density at radius 2 is 1.86 bits per heavy atom. The molecule has 0 spiro atoms. The number of methoxy groups -OCH3 is 1. The second-order valence-electron chi connectivity index (χ2n) is 10.4. The number of hydrogen-bond donors (Lipinski definition) is 1. The zero-order valence-electron chi connectivity index (χ0n) is 22.0. The first kappa shape index (κ1) is 30.0. The summed E-state index contributed by atoms with van der Waals surface area (Å²) in [6.07, 6.45) is 1.68. The van der Waals surface area contributed by atoms with Crippen LogP contribution in [0.15, 0.2) is 55.8 Å². The lowest BCUT2D eigenvalue weighted by Gasteiger charge is -2.37. The molecule has 0 unspecified atom stereocenters. The zero-order valence-corrected chi connectivity index (χ0v) is 26.2. The number of aliphatic imine (C=N–C) groups is 2. The lowest BCUT2D eigenvalue weighted by atomic mass is 10.2. The van der Waals surface area contributed by atoms with Crippen LogP contribution in [-0.2, 0) is 14.8 Å². The highest BCUT2D eigenvalue weighted by atomic mass is 79.9. The normalized spacial score (nSPS) is 16.9. The highest BCUT2D eigenvalue weighted by Gasteiger charge is 2.42. The number of nitrogens with zero attached hydrogens (tertiary/aromatic N) is 3. The van der Waals surface area contributed by atoms with Gasteiger partial charge in [0.15, 0.2) is 5.75 Å². The van der Waals surface area contributed by atoms with Gasteiger partial charge in [0.1, 0.15) is 16.6 Å². The molecule has 202 valence electrons. The van der Waals surface area contributed by atoms with Crippen molar-refractivity contribution in [2.45, 2.75) is 62.7 Å². The third kappa shape index (κ3) is 7.30. The molecular weight excluding hydrogens is 596 g/mol. The van der Waals surface area contributed by atoms with Gasteiger partial charge in [0, 0.05) is 24.2 Å². The third-order valence-corrected chi connectivity index (χ3v) is 13.5. The molecule has 0 aromatic heterocycles. The standard InChI is InChI=1S/C25H34BrClN4O4SSi/c1-25(2,3)37(5,6)35-23-22(29-17-28-21-12-8-7-11-19(21)26)14-13-20(27)24(23)36(32,33)30-31-15-9-10-18(31)16-34-4/h7-8,11-14,18,30H,9-10,15-16H2,1-6H3/t18-/m0/s1. The molecule has 1 N–H and O–H groups in total. The fraction of sp³-hybridized carbons (Fsp3) is 0.480. The van der Waals surface area contributed by atoms with E-state index in [9.17, 15) is 8.42 Å². The number of nitrogens with one attached hydrogen (secondary N) is 1. The Bertz CT molecular complexity index is 1290. The number of benzene rings is 2. The quantitative estimate of drug-likeness (QED) is 0.240. The van der Waals surface area contributed by atoms with E-state index in [-0.39, 0.29) is 32.4 Å². The Balaban J connectivity index is 2.13. The van der Waals surface area contributed by atoms with Gasteiger partial charge in [-0.3, -0.25) is 0 Å². The average molecular weight is 630 g/mol. The summed E-state index contributed by atoms with van der Waals surface area (Å²) in [4.78, 5) is 11.2. The summed E-state index contributed by atoms with van der Waals surface area (Å²) in [6.45, 7) is 11.3. The van der Waals surface area contributed by atoms with Crippen molar-refractivity contribution >= 4 is 63.3 Å². The predicted molar refractivity (Wildman–Crippen MR) is 155 cm³/mol. The van der Waals surface area contributed by atoms with E-state index in [2.05, 4.69) is 57.5 Å². The number of rotatable bonds is 9. The van der Waals surface area contributed by atoms with E-state index >= 15 is 0 Å². The molecule has 1 aliphatic rings. The Labute approximate surface area is 234 Å². The summed E-state index contributed by atoms with van der Waals surface area (Å²) in [5.74, 6) is 0.101. The van der Waals surface area contributed by atoms with Crippen LogP contribution in [-0.4, -0.2) is 54.1 Å². The maximum atomic E-state index is 13.8. The zero-order chi connectivity index (χ0) is 27.4. The maximum absolute atomic E-state index is 13.8. The molecule has 1 heterocycles. The number of halogens is 2. The summed E-state index contributed by atoms with van der Waals surface area (Å²) < 4.78 is 40.2. The average Bonchev–Trinajstić information content (AvgIpc) is 3.21. The molecule has 1 aliphatic heterocycles. The van der Waals surface area contributed by atoms with Gasteiger partial charge in [0.25, 0.3) is 18.3 Å². The lowest BCUT2D eigenvalue weighted by Crippen LogP contribution is -2.47. The summed E-state index contributed by atoms with van der Waals surface area (Å²) >= 11 is 9.99. The number of para-hydroxylation sites is 1. The van der Waals surface area contributed by atoms with Crippen LogP contribution in [0.1, 0.15) is 33.6 Å². The lowest BCUT2D eigenvalue weighted by molar-refractivity contribution is 0.104. The Morgan fingerprint density at radius 1 is 1.19 bits per heavy atom. The molecule has 0 aliphatic carbocycles. The molecule has 0 bridgehead atoms. The first-order valence-electron chi connectivity index (χ1n) is 12.0. The Hall–Kier alpha value is -1.56. The van der Waals surface area contributed by atoms with Gasteiger partial charge >= 0.3 is 0 Å². The molecule has 2 aromatic carbocycles. The summed E-state index contributed by atoms with van der Waals surface area (Å²) in [6, 6.07) is 13.2. The molecule has 1 fully saturated rings. The van der Waals surface area contributed by atoms with E-state index in [0.29, 0.717) is 18.8 Å². The largest absolute Gasteiger partial charge is 0.541 e. The molecule has 3 rings (SSSR count). The van der Waals surface area contributed by atoms with Gasteiger partial charge in [-0.2, -0.15) is 9.98 Å². The maximum Gasteiger partial charge on any atom is 0.258 e. The molecule has 8 nitrogen and oxygen atoms in total. The van der Waals surface area contributed by atoms with Crippen molar-refractivity contribution in [2.75, 3.05) is 20.3 Å². The van der Waals surface area contributed by atoms with Crippen molar-refractivity contribution in [3.8, 4) is 5.75 Å². The molecule has 0 amide bonds. The fourth-order valence-corrected chi connectivity index (χ4v) is 6.85. The summed E-state index contributed by atoms with van der Waals surface area (Å²) in [5.41, 5.74) is 0.917. The van der Waals surface area contributed by atoms with Gasteiger partial charge in [-0.1, -0.05) is 44.5 Å². The van der Waals surface area contributed by atoms with Crippen LogP contribution < -0.4 is 9.26 Å². The van der Waals surface area contributed by atoms with Gasteiger partial charge < -0.3 is 9.16 Å². The molecule has 1 atom stereocenters. The van der Waals surface area contributed by atoms with Crippen molar-refractivity contribution < 1.29 is 17.6 Å². The van der Waals surface area contributed by atoms with E-state index < -0.39 is 18.3 Å². The molecule has 37 heavy (non-hydrogen) atoms. The number of sulfonamides is 1. The predicted octanol–water partition coefficient (Wildman–Crippen LogP) is 6.93. The SMILES string of the molecule is COC[C@@H]1CCCN1NS(=O)(=O)c1c(Cl)ccc(N=C=Nc2ccccc2Br)c1O[Si](C)(C)C(C)(C)C. The van der Waals surface area contributed by atoms with Crippen LogP contribution in [0.3, 0.4) is 0 Å². The monoisotopic (exact) mass is 628 g/mol. The van der Waals surface area contributed by atoms with Gasteiger partial charge in [-0.25, -0.2) is 13.4 Å². The van der Waals surface area contributed by atoms with Crippen LogP contribution in [0.2, 0.25) is 23.2 Å². The van der Waals surface area contributed by atoms with Crippen LogP contribution >= 0.6 is 27.5 Å². The van der Waals surface area contributed by atoms with E-state index in [4.69, 9.17) is 20.8 Å². The summed E-state index contributed by atoms with van der Waals surface area (Å²) in [7, 11) is -5.02. The third-order valence-electron chi connectivity index (χ3n) is 6.64. The van der Waals surface area contributed by atoms with Crippen molar-refractivity contribution in [1.29, 1.82) is 0 Å². The molecule has 0 saturated carbocycles. The summed E-state index contributed by atoms with van der Waals surface area (Å²) in [5, 5.41) is 1.53. The van der Waals surface area contributed by atoms with Crippen LogP contribution in [0.4, 0.5) is 11.4 Å². The fourth-order valence-electron chi connectivity index (χ4n) is 3.57. The number of hydrazine groups is 1. The van der Waals surface area contributed by atoms with Gasteiger partial charge in [0.05, 0.1) is 17.3 Å². The van der Waals surface area contributed by atoms with Crippen molar-refractivity contribution in [3.63, 3.8) is 0 Å². The number of hydrogen-bond acceptors (Lipinski definition) is 7. The smallest absolute Gasteiger partial charge is 0.258 e. The Morgan fingerprint density at radius 3 is 2.51 bits per heavy atom. The second-order valence-corrected chi connectivity index (χ2v) is 18.0. The van der Waals surface area contributed by atoms with Gasteiger partial charge in [-0.15, -0.1) is 4.83 Å². The molecule has 2 aromatic rings. The van der Waals surface area contributed by atoms with Crippen LogP contribution in [0, 0.1) is 0 Å². The topological polar surface area (TPSA) is 92.6 Å². The minimum absolute atomic E-state index is 0.0467. The molecular formula is C25H34BrClN4O4SSi. The highest BCUT2D eigenvalue weighted by molar-refractivity contribution is 9.10.